The van der Waals surface area contributed by atoms with Gasteiger partial charge in [-0.1, -0.05) is 41.9 Å². The molecule has 2 aromatic heterocycles. The fourth-order valence-corrected chi connectivity index (χ4v) is 4.45. The molecular formula is C29H29Cl2N5O6S. The molecule has 0 aliphatic rings. The number of carbonyl (C=O) groups is 2. The summed E-state index contributed by atoms with van der Waals surface area (Å²) < 4.78 is 36.2. The van der Waals surface area contributed by atoms with Crippen LogP contribution in [-0.2, 0) is 21.2 Å². The number of halogens is 2. The van der Waals surface area contributed by atoms with Gasteiger partial charge in [-0.05, 0) is 48.0 Å². The van der Waals surface area contributed by atoms with Crippen LogP contribution in [0.4, 0.5) is 11.5 Å². The molecule has 0 radical (unpaired) electrons. The number of pyridine rings is 2. The number of hydrogen-bond acceptors (Lipinski definition) is 9. The number of carbonyl (C=O) groups excluding carboxylic acids is 2. The van der Waals surface area contributed by atoms with Gasteiger partial charge in [0, 0.05) is 25.2 Å². The van der Waals surface area contributed by atoms with Crippen molar-refractivity contribution in [2.75, 3.05) is 30.0 Å². The fraction of sp³-hybridized carbons (Fsp3) is 0.172. The highest BCUT2D eigenvalue weighted by Crippen LogP contribution is 2.26. The van der Waals surface area contributed by atoms with Crippen LogP contribution in [0.5, 0.6) is 5.75 Å². The van der Waals surface area contributed by atoms with E-state index in [1.165, 1.54) is 42.7 Å². The van der Waals surface area contributed by atoms with Gasteiger partial charge in [-0.15, -0.1) is 12.4 Å². The van der Waals surface area contributed by atoms with Crippen LogP contribution in [0.1, 0.15) is 26.4 Å². The highest BCUT2D eigenvalue weighted by Gasteiger charge is 2.21. The molecule has 0 aliphatic carbocycles. The number of amides is 2. The van der Waals surface area contributed by atoms with Crippen molar-refractivity contribution in [3.63, 3.8) is 0 Å². The number of nitrogens with two attached hydrogens (primary N) is 1. The Bertz CT molecular complexity index is 1660. The molecule has 226 valence electrons. The van der Waals surface area contributed by atoms with Crippen LogP contribution in [0.25, 0.3) is 0 Å². The van der Waals surface area contributed by atoms with Crippen LogP contribution >= 0.6 is 24.0 Å². The van der Waals surface area contributed by atoms with Crippen LogP contribution in [0.2, 0.25) is 5.02 Å². The molecular weight excluding hydrogens is 617 g/mol. The van der Waals surface area contributed by atoms with E-state index >= 15 is 0 Å². The van der Waals surface area contributed by atoms with E-state index < -0.39 is 27.8 Å². The number of hydrogen-bond donors (Lipinski definition) is 3. The summed E-state index contributed by atoms with van der Waals surface area (Å²) in [5, 5.41) is 5.66. The van der Waals surface area contributed by atoms with Crippen molar-refractivity contribution >= 4 is 57.2 Å². The van der Waals surface area contributed by atoms with Crippen molar-refractivity contribution in [2.24, 2.45) is 5.73 Å². The third kappa shape index (κ3) is 9.46. The highest BCUT2D eigenvalue weighted by molar-refractivity contribution is 7.90. The SMILES string of the molecule is CS(=O)(=O)c1ccc(C(=O)Nc2cccnc2C(=O)Nc2ccc(Cl)cn2)c(OC[C@@H](CN)OCc2ccccc2)c1.Cl. The minimum atomic E-state index is -3.61. The summed E-state index contributed by atoms with van der Waals surface area (Å²) >= 11 is 5.85. The Morgan fingerprint density at radius 2 is 1.74 bits per heavy atom. The molecule has 2 aromatic carbocycles. The Morgan fingerprint density at radius 3 is 2.42 bits per heavy atom. The maximum absolute atomic E-state index is 13.4. The molecule has 0 unspecified atom stereocenters. The number of benzene rings is 2. The van der Waals surface area contributed by atoms with Crippen molar-refractivity contribution in [3.8, 4) is 5.75 Å². The summed E-state index contributed by atoms with van der Waals surface area (Å²) in [6.07, 6.45) is 3.28. The van der Waals surface area contributed by atoms with Crippen molar-refractivity contribution in [1.29, 1.82) is 0 Å². The lowest BCUT2D eigenvalue weighted by Gasteiger charge is -2.19. The third-order valence-corrected chi connectivity index (χ3v) is 7.22. The molecule has 2 heterocycles. The quantitative estimate of drug-likeness (QED) is 0.203. The van der Waals surface area contributed by atoms with Crippen molar-refractivity contribution in [2.45, 2.75) is 17.6 Å². The second-order valence-electron chi connectivity index (χ2n) is 9.06. The van der Waals surface area contributed by atoms with E-state index in [0.29, 0.717) is 11.6 Å². The van der Waals surface area contributed by atoms with Crippen LogP contribution in [0.15, 0.2) is 90.1 Å². The van der Waals surface area contributed by atoms with Crippen LogP contribution < -0.4 is 21.1 Å². The molecule has 0 spiro atoms. The molecule has 4 N–H and O–H groups in total. The van der Waals surface area contributed by atoms with Gasteiger partial charge in [-0.3, -0.25) is 9.59 Å². The van der Waals surface area contributed by atoms with Gasteiger partial charge < -0.3 is 25.8 Å². The lowest BCUT2D eigenvalue weighted by Crippen LogP contribution is -2.30. The Balaban J connectivity index is 0.00000506. The van der Waals surface area contributed by atoms with Gasteiger partial charge in [-0.2, -0.15) is 0 Å². The predicted octanol–water partition coefficient (Wildman–Crippen LogP) is 4.38. The lowest BCUT2D eigenvalue weighted by atomic mass is 10.1. The summed E-state index contributed by atoms with van der Waals surface area (Å²) in [4.78, 5) is 34.4. The first-order valence-electron chi connectivity index (χ1n) is 12.7. The van der Waals surface area contributed by atoms with E-state index in [9.17, 15) is 18.0 Å². The molecule has 0 fully saturated rings. The maximum Gasteiger partial charge on any atom is 0.277 e. The number of nitrogens with one attached hydrogen (secondary N) is 2. The highest BCUT2D eigenvalue weighted by atomic mass is 35.5. The van der Waals surface area contributed by atoms with E-state index in [1.54, 1.807) is 12.1 Å². The first kappa shape index (κ1) is 33.4. The van der Waals surface area contributed by atoms with Crippen LogP contribution in [0.3, 0.4) is 0 Å². The topological polar surface area (TPSA) is 163 Å². The fourth-order valence-electron chi connectivity index (χ4n) is 3.70. The molecule has 11 nitrogen and oxygen atoms in total. The summed E-state index contributed by atoms with van der Waals surface area (Å²) in [6, 6.07) is 19.5. The van der Waals surface area contributed by atoms with Gasteiger partial charge in [0.15, 0.2) is 15.5 Å². The molecule has 0 bridgehead atoms. The van der Waals surface area contributed by atoms with E-state index in [4.69, 9.17) is 26.8 Å². The van der Waals surface area contributed by atoms with E-state index in [2.05, 4.69) is 20.6 Å². The summed E-state index contributed by atoms with van der Waals surface area (Å²) in [5.74, 6) is -1.04. The molecule has 14 heteroatoms. The number of nitrogens with zero attached hydrogens (tertiary/aromatic N) is 2. The number of ether oxygens (including phenoxy) is 2. The van der Waals surface area contributed by atoms with E-state index in [-0.39, 0.29) is 59.0 Å². The molecule has 0 saturated carbocycles. The average Bonchev–Trinajstić information content (AvgIpc) is 2.98. The smallest absolute Gasteiger partial charge is 0.277 e. The number of sulfone groups is 1. The number of aromatic nitrogens is 2. The first-order chi connectivity index (χ1) is 20.1. The molecule has 43 heavy (non-hydrogen) atoms. The Kier molecular flexibility index (Phi) is 12.0. The van der Waals surface area contributed by atoms with Gasteiger partial charge in [0.2, 0.25) is 0 Å². The minimum Gasteiger partial charge on any atom is -0.490 e. The Hall–Kier alpha value is -4.07. The zero-order valence-corrected chi connectivity index (χ0v) is 25.3. The lowest BCUT2D eigenvalue weighted by molar-refractivity contribution is 0.0150. The van der Waals surface area contributed by atoms with Gasteiger partial charge >= 0.3 is 0 Å². The van der Waals surface area contributed by atoms with Gasteiger partial charge in [-0.25, -0.2) is 18.4 Å². The summed E-state index contributed by atoms with van der Waals surface area (Å²) in [6.45, 7) is 0.364. The van der Waals surface area contributed by atoms with Crippen LogP contribution in [-0.4, -0.2) is 55.7 Å². The normalized spacial score (nSPS) is 11.6. The van der Waals surface area contributed by atoms with Crippen molar-refractivity contribution in [1.82, 2.24) is 9.97 Å². The van der Waals surface area contributed by atoms with E-state index in [0.717, 1.165) is 11.8 Å². The van der Waals surface area contributed by atoms with Crippen molar-refractivity contribution in [3.05, 3.63) is 107 Å². The number of rotatable bonds is 12. The standard InChI is InChI=1S/C29H28ClN5O6S.ClH/c1-42(38,39)22-10-11-23(25(14-22)41-18-21(15-31)40-17-19-6-3-2-4-7-19)28(36)34-24-8-5-13-32-27(24)29(37)35-26-12-9-20(30)16-33-26;/h2-14,16,21H,15,17-18,31H2,1H3,(H,34,36)(H,33,35,37);1H/t21-;/m1./s1. The third-order valence-electron chi connectivity index (χ3n) is 5.88. The minimum absolute atomic E-state index is 0. The van der Waals surface area contributed by atoms with Crippen LogP contribution in [0, 0.1) is 0 Å². The number of anilines is 2. The van der Waals surface area contributed by atoms with Gasteiger partial charge in [0.1, 0.15) is 24.3 Å². The molecule has 1 atom stereocenters. The Morgan fingerprint density at radius 1 is 0.977 bits per heavy atom. The summed E-state index contributed by atoms with van der Waals surface area (Å²) in [7, 11) is -3.61. The predicted molar refractivity (Wildman–Crippen MR) is 166 cm³/mol. The van der Waals surface area contributed by atoms with Gasteiger partial charge in [0.25, 0.3) is 11.8 Å². The molecule has 0 saturated heterocycles. The molecule has 4 rings (SSSR count). The first-order valence-corrected chi connectivity index (χ1v) is 14.9. The zero-order chi connectivity index (χ0) is 30.1. The largest absolute Gasteiger partial charge is 0.490 e. The monoisotopic (exact) mass is 645 g/mol. The second kappa shape index (κ2) is 15.4. The zero-order valence-electron chi connectivity index (χ0n) is 22.9. The average molecular weight is 647 g/mol. The summed E-state index contributed by atoms with van der Waals surface area (Å²) in [5.41, 5.74) is 6.87. The molecule has 0 aliphatic heterocycles. The van der Waals surface area contributed by atoms with Crippen molar-refractivity contribution < 1.29 is 27.5 Å². The Labute approximate surface area is 260 Å². The van der Waals surface area contributed by atoms with Gasteiger partial charge in [0.05, 0.1) is 27.8 Å². The molecule has 2 amide bonds. The van der Waals surface area contributed by atoms with E-state index in [1.807, 2.05) is 30.3 Å². The molecule has 4 aromatic rings. The second-order valence-corrected chi connectivity index (χ2v) is 11.5. The maximum atomic E-state index is 13.4.